The lowest BCUT2D eigenvalue weighted by molar-refractivity contribution is 0.318. The van der Waals surface area contributed by atoms with Gasteiger partial charge in [-0.2, -0.15) is 5.10 Å². The molecule has 6 nitrogen and oxygen atoms in total. The molecule has 3 N–H and O–H groups in total. The molecule has 2 rings (SSSR count). The standard InChI is InChI=1S/C10H11N5O/c11-10(14-16)9-3-1-2-8(4-9)5-15-7-12-6-13-15/h1-4,6-7,16H,5H2,(H2,11,14). The Bertz CT molecular complexity index is 492. The average molecular weight is 217 g/mol. The number of hydrogen-bond acceptors (Lipinski definition) is 4. The second-order valence-corrected chi connectivity index (χ2v) is 3.28. The zero-order valence-corrected chi connectivity index (χ0v) is 8.48. The van der Waals surface area contributed by atoms with E-state index in [1.54, 1.807) is 17.1 Å². The fourth-order valence-electron chi connectivity index (χ4n) is 1.39. The highest BCUT2D eigenvalue weighted by Crippen LogP contribution is 2.06. The highest BCUT2D eigenvalue weighted by atomic mass is 16.4. The van der Waals surface area contributed by atoms with Crippen molar-refractivity contribution in [3.63, 3.8) is 0 Å². The van der Waals surface area contributed by atoms with Gasteiger partial charge in [0.15, 0.2) is 5.84 Å². The minimum Gasteiger partial charge on any atom is -0.409 e. The topological polar surface area (TPSA) is 89.3 Å². The molecule has 0 aliphatic rings. The first-order chi connectivity index (χ1) is 7.79. The van der Waals surface area contributed by atoms with Gasteiger partial charge in [-0.25, -0.2) is 9.67 Å². The van der Waals surface area contributed by atoms with E-state index < -0.39 is 0 Å². The Kier molecular flexibility index (Phi) is 2.81. The van der Waals surface area contributed by atoms with Gasteiger partial charge in [0, 0.05) is 5.56 Å². The zero-order valence-electron chi connectivity index (χ0n) is 8.48. The van der Waals surface area contributed by atoms with E-state index in [0.29, 0.717) is 12.1 Å². The maximum Gasteiger partial charge on any atom is 0.170 e. The Hall–Kier alpha value is -2.37. The Morgan fingerprint density at radius 2 is 2.38 bits per heavy atom. The Labute approximate surface area is 92.0 Å². The fourth-order valence-corrected chi connectivity index (χ4v) is 1.39. The van der Waals surface area contributed by atoms with Crippen LogP contribution in [0.3, 0.4) is 0 Å². The van der Waals surface area contributed by atoms with Crippen LogP contribution < -0.4 is 5.73 Å². The van der Waals surface area contributed by atoms with Gasteiger partial charge in [0.25, 0.3) is 0 Å². The van der Waals surface area contributed by atoms with Gasteiger partial charge in [-0.05, 0) is 11.6 Å². The lowest BCUT2D eigenvalue weighted by Gasteiger charge is -2.03. The monoisotopic (exact) mass is 217 g/mol. The SMILES string of the molecule is N/C(=N\O)c1cccc(Cn2cncn2)c1. The number of aromatic nitrogens is 3. The van der Waals surface area contributed by atoms with Crippen molar-refractivity contribution in [2.45, 2.75) is 6.54 Å². The number of benzene rings is 1. The third kappa shape index (κ3) is 2.17. The molecule has 0 bridgehead atoms. The summed E-state index contributed by atoms with van der Waals surface area (Å²) in [6.45, 7) is 0.604. The van der Waals surface area contributed by atoms with Crippen LogP contribution in [-0.4, -0.2) is 25.8 Å². The highest BCUT2D eigenvalue weighted by molar-refractivity contribution is 5.97. The van der Waals surface area contributed by atoms with Crippen LogP contribution in [0.15, 0.2) is 42.1 Å². The lowest BCUT2D eigenvalue weighted by atomic mass is 10.1. The molecule has 6 heteroatoms. The first kappa shape index (κ1) is 10.2. The summed E-state index contributed by atoms with van der Waals surface area (Å²) in [7, 11) is 0. The number of nitrogens with two attached hydrogens (primary N) is 1. The van der Waals surface area contributed by atoms with E-state index in [4.69, 9.17) is 10.9 Å². The summed E-state index contributed by atoms with van der Waals surface area (Å²) in [6.07, 6.45) is 3.11. The molecular weight excluding hydrogens is 206 g/mol. The van der Waals surface area contributed by atoms with Crippen LogP contribution in [0.2, 0.25) is 0 Å². The number of amidine groups is 1. The molecule has 0 fully saturated rings. The molecule has 0 radical (unpaired) electrons. The molecule has 1 aromatic heterocycles. The highest BCUT2D eigenvalue weighted by Gasteiger charge is 2.01. The van der Waals surface area contributed by atoms with Gasteiger partial charge in [0.1, 0.15) is 12.7 Å². The third-order valence-corrected chi connectivity index (χ3v) is 2.14. The molecule has 0 aliphatic carbocycles. The van der Waals surface area contributed by atoms with Gasteiger partial charge in [-0.15, -0.1) is 0 Å². The summed E-state index contributed by atoms with van der Waals surface area (Å²) < 4.78 is 1.70. The average Bonchev–Trinajstić information content (AvgIpc) is 2.81. The lowest BCUT2D eigenvalue weighted by Crippen LogP contribution is -2.13. The molecule has 0 aliphatic heterocycles. The summed E-state index contributed by atoms with van der Waals surface area (Å²) in [5.41, 5.74) is 7.19. The van der Waals surface area contributed by atoms with Crippen LogP contribution >= 0.6 is 0 Å². The predicted octanol–water partition coefficient (Wildman–Crippen LogP) is 0.421. The molecule has 0 spiro atoms. The molecule has 1 aromatic carbocycles. The van der Waals surface area contributed by atoms with Crippen molar-refractivity contribution in [1.82, 2.24) is 14.8 Å². The number of rotatable bonds is 3. The van der Waals surface area contributed by atoms with Crippen molar-refractivity contribution in [3.05, 3.63) is 48.0 Å². The second kappa shape index (κ2) is 4.43. The van der Waals surface area contributed by atoms with Gasteiger partial charge in [0.05, 0.1) is 6.54 Å². The Balaban J connectivity index is 2.23. The summed E-state index contributed by atoms with van der Waals surface area (Å²) in [5, 5.41) is 15.5. The first-order valence-electron chi connectivity index (χ1n) is 4.69. The number of nitrogens with zero attached hydrogens (tertiary/aromatic N) is 4. The van der Waals surface area contributed by atoms with Crippen LogP contribution in [-0.2, 0) is 6.54 Å². The van der Waals surface area contributed by atoms with E-state index in [1.165, 1.54) is 6.33 Å². The maximum absolute atomic E-state index is 8.57. The normalized spacial score (nSPS) is 11.6. The van der Waals surface area contributed by atoms with Crippen molar-refractivity contribution in [1.29, 1.82) is 0 Å². The minimum atomic E-state index is 0.0976. The second-order valence-electron chi connectivity index (χ2n) is 3.28. The van der Waals surface area contributed by atoms with Gasteiger partial charge < -0.3 is 10.9 Å². The van der Waals surface area contributed by atoms with E-state index in [0.717, 1.165) is 5.56 Å². The molecule has 82 valence electrons. The van der Waals surface area contributed by atoms with Crippen molar-refractivity contribution >= 4 is 5.84 Å². The van der Waals surface area contributed by atoms with Crippen molar-refractivity contribution in [3.8, 4) is 0 Å². The summed E-state index contributed by atoms with van der Waals surface area (Å²) in [6, 6.07) is 7.41. The van der Waals surface area contributed by atoms with Crippen LogP contribution in [0, 0.1) is 0 Å². The smallest absolute Gasteiger partial charge is 0.170 e. The van der Waals surface area contributed by atoms with Crippen LogP contribution in [0.4, 0.5) is 0 Å². The first-order valence-corrected chi connectivity index (χ1v) is 4.69. The molecule has 0 unspecified atom stereocenters. The van der Waals surface area contributed by atoms with E-state index in [-0.39, 0.29) is 5.84 Å². The molecule has 0 atom stereocenters. The molecule has 2 aromatic rings. The summed E-state index contributed by atoms with van der Waals surface area (Å²) in [5.74, 6) is 0.0976. The summed E-state index contributed by atoms with van der Waals surface area (Å²) in [4.78, 5) is 3.86. The van der Waals surface area contributed by atoms with Gasteiger partial charge in [0.2, 0.25) is 0 Å². The van der Waals surface area contributed by atoms with Crippen LogP contribution in [0.5, 0.6) is 0 Å². The van der Waals surface area contributed by atoms with Gasteiger partial charge >= 0.3 is 0 Å². The molecule has 0 amide bonds. The van der Waals surface area contributed by atoms with E-state index in [1.807, 2.05) is 18.2 Å². The maximum atomic E-state index is 8.57. The Morgan fingerprint density at radius 1 is 1.50 bits per heavy atom. The molecule has 0 saturated carbocycles. The van der Waals surface area contributed by atoms with Gasteiger partial charge in [-0.1, -0.05) is 23.4 Å². The predicted molar refractivity (Wildman–Crippen MR) is 58.1 cm³/mol. The zero-order chi connectivity index (χ0) is 11.4. The number of hydrogen-bond donors (Lipinski definition) is 2. The molecule has 0 saturated heterocycles. The van der Waals surface area contributed by atoms with Crippen molar-refractivity contribution < 1.29 is 5.21 Å². The Morgan fingerprint density at radius 3 is 3.06 bits per heavy atom. The number of oxime groups is 1. The van der Waals surface area contributed by atoms with E-state index in [2.05, 4.69) is 15.2 Å². The van der Waals surface area contributed by atoms with Gasteiger partial charge in [-0.3, -0.25) is 0 Å². The summed E-state index contributed by atoms with van der Waals surface area (Å²) >= 11 is 0. The molecule has 16 heavy (non-hydrogen) atoms. The van der Waals surface area contributed by atoms with E-state index in [9.17, 15) is 0 Å². The minimum absolute atomic E-state index is 0.0976. The van der Waals surface area contributed by atoms with Crippen molar-refractivity contribution in [2.24, 2.45) is 10.9 Å². The van der Waals surface area contributed by atoms with Crippen molar-refractivity contribution in [2.75, 3.05) is 0 Å². The van der Waals surface area contributed by atoms with Crippen LogP contribution in [0.1, 0.15) is 11.1 Å². The van der Waals surface area contributed by atoms with Crippen LogP contribution in [0.25, 0.3) is 0 Å². The largest absolute Gasteiger partial charge is 0.409 e. The molecule has 1 heterocycles. The van der Waals surface area contributed by atoms with E-state index >= 15 is 0 Å². The molecular formula is C10H11N5O. The quantitative estimate of drug-likeness (QED) is 0.337. The third-order valence-electron chi connectivity index (χ3n) is 2.14. The fraction of sp³-hybridized carbons (Fsp3) is 0.100.